The summed E-state index contributed by atoms with van der Waals surface area (Å²) in [6.07, 6.45) is 2.12. The van der Waals surface area contributed by atoms with E-state index in [2.05, 4.69) is 0 Å². The Bertz CT molecular complexity index is 130. The molecular weight excluding hydrogens is 108 g/mol. The van der Waals surface area contributed by atoms with Gasteiger partial charge in [0.15, 0.2) is 0 Å². The van der Waals surface area contributed by atoms with Crippen LogP contribution in [0.3, 0.4) is 0 Å². The summed E-state index contributed by atoms with van der Waals surface area (Å²) in [5.74, 6) is -1.61. The second-order valence-corrected chi connectivity index (χ2v) is 1.90. The molecule has 1 saturated carbocycles. The lowest BCUT2D eigenvalue weighted by Gasteiger charge is -1.78. The molecule has 1 fully saturated rings. The maximum Gasteiger partial charge on any atom is 0.307 e. The Hall–Kier alpha value is -0.860. The molecule has 0 aromatic carbocycles. The molecule has 2 atom stereocenters. The molecule has 3 heteroatoms. The number of hydrogen-bond acceptors (Lipinski definition) is 2. The first-order chi connectivity index (χ1) is 3.75. The predicted octanol–water partition coefficient (Wildman–Crippen LogP) is -0.183. The standard InChI is InChI=1S/C5H5O3/c6-2-3-1-4(3)5(7)8/h3-4H,1H2,(H,7,8). The first-order valence-electron chi connectivity index (χ1n) is 2.36. The van der Waals surface area contributed by atoms with E-state index in [-0.39, 0.29) is 5.92 Å². The van der Waals surface area contributed by atoms with Crippen LogP contribution in [0.2, 0.25) is 0 Å². The fourth-order valence-corrected chi connectivity index (χ4v) is 0.598. The van der Waals surface area contributed by atoms with Crippen molar-refractivity contribution in [1.82, 2.24) is 0 Å². The first-order valence-corrected chi connectivity index (χ1v) is 2.36. The van der Waals surface area contributed by atoms with Crippen LogP contribution >= 0.6 is 0 Å². The van der Waals surface area contributed by atoms with Gasteiger partial charge in [-0.3, -0.25) is 9.59 Å². The van der Waals surface area contributed by atoms with Crippen molar-refractivity contribution in [2.75, 3.05) is 0 Å². The van der Waals surface area contributed by atoms with Crippen molar-refractivity contribution >= 4 is 12.3 Å². The van der Waals surface area contributed by atoms with Crippen LogP contribution in [-0.2, 0) is 9.59 Å². The largest absolute Gasteiger partial charge is 0.481 e. The van der Waals surface area contributed by atoms with Crippen LogP contribution in [0.1, 0.15) is 6.42 Å². The molecule has 1 aliphatic rings. The quantitative estimate of drug-likeness (QED) is 0.540. The number of aliphatic carboxylic acids is 1. The predicted molar refractivity (Wildman–Crippen MR) is 24.9 cm³/mol. The van der Waals surface area contributed by atoms with Crippen molar-refractivity contribution in [2.45, 2.75) is 6.42 Å². The summed E-state index contributed by atoms with van der Waals surface area (Å²) < 4.78 is 0. The lowest BCUT2D eigenvalue weighted by Crippen LogP contribution is -1.99. The minimum Gasteiger partial charge on any atom is -0.481 e. The Balaban J connectivity index is 2.36. The van der Waals surface area contributed by atoms with Crippen LogP contribution < -0.4 is 0 Å². The SMILES string of the molecule is O=[C]C1CC1C(=O)O. The van der Waals surface area contributed by atoms with E-state index in [0.717, 1.165) is 0 Å². The molecule has 8 heavy (non-hydrogen) atoms. The Labute approximate surface area is 46.3 Å². The Morgan fingerprint density at radius 3 is 2.50 bits per heavy atom. The van der Waals surface area contributed by atoms with Gasteiger partial charge in [-0.15, -0.1) is 0 Å². The van der Waals surface area contributed by atoms with Gasteiger partial charge in [0.2, 0.25) is 6.29 Å². The van der Waals surface area contributed by atoms with Gasteiger partial charge in [0.1, 0.15) is 0 Å². The number of rotatable bonds is 2. The molecule has 1 N–H and O–H groups in total. The summed E-state index contributed by atoms with van der Waals surface area (Å²) >= 11 is 0. The molecule has 1 radical (unpaired) electrons. The highest BCUT2D eigenvalue weighted by Gasteiger charge is 2.43. The van der Waals surface area contributed by atoms with Gasteiger partial charge >= 0.3 is 5.97 Å². The molecule has 0 aromatic heterocycles. The minimum absolute atomic E-state index is 0.313. The van der Waals surface area contributed by atoms with E-state index in [0.29, 0.717) is 6.42 Å². The van der Waals surface area contributed by atoms with Gasteiger partial charge in [-0.05, 0) is 6.42 Å². The van der Waals surface area contributed by atoms with Crippen LogP contribution in [0.5, 0.6) is 0 Å². The summed E-state index contributed by atoms with van der Waals surface area (Å²) in [7, 11) is 0. The smallest absolute Gasteiger partial charge is 0.307 e. The molecule has 0 amide bonds. The monoisotopic (exact) mass is 113 g/mol. The number of carbonyl (C=O) groups is 1. The zero-order valence-electron chi connectivity index (χ0n) is 4.13. The maximum atomic E-state index is 9.95. The van der Waals surface area contributed by atoms with E-state index >= 15 is 0 Å². The van der Waals surface area contributed by atoms with Crippen molar-refractivity contribution < 1.29 is 14.7 Å². The number of hydrogen-bond donors (Lipinski definition) is 1. The highest BCUT2D eigenvalue weighted by molar-refractivity contribution is 5.80. The average molecular weight is 113 g/mol. The summed E-state index contributed by atoms with van der Waals surface area (Å²) in [6, 6.07) is 0. The summed E-state index contributed by atoms with van der Waals surface area (Å²) in [6.45, 7) is 0. The Kier molecular flexibility index (Phi) is 1.04. The first kappa shape index (κ1) is 5.28. The Morgan fingerprint density at radius 1 is 1.75 bits per heavy atom. The van der Waals surface area contributed by atoms with Gasteiger partial charge in [-0.25, -0.2) is 0 Å². The number of carbonyl (C=O) groups excluding carboxylic acids is 1. The van der Waals surface area contributed by atoms with Gasteiger partial charge < -0.3 is 5.11 Å². The van der Waals surface area contributed by atoms with Crippen molar-refractivity contribution in [3.63, 3.8) is 0 Å². The minimum atomic E-state index is -0.877. The molecule has 2 unspecified atom stereocenters. The molecule has 43 valence electrons. The highest BCUT2D eigenvalue weighted by Crippen LogP contribution is 2.36. The molecule has 0 aliphatic heterocycles. The normalized spacial score (nSPS) is 34.0. The molecule has 0 heterocycles. The Morgan fingerprint density at radius 2 is 2.38 bits per heavy atom. The molecule has 3 nitrogen and oxygen atoms in total. The zero-order valence-corrected chi connectivity index (χ0v) is 4.13. The maximum absolute atomic E-state index is 9.95. The third kappa shape index (κ3) is 0.710. The van der Waals surface area contributed by atoms with E-state index in [9.17, 15) is 9.59 Å². The second kappa shape index (κ2) is 1.58. The van der Waals surface area contributed by atoms with E-state index in [1.54, 1.807) is 6.29 Å². The highest BCUT2D eigenvalue weighted by atomic mass is 16.4. The summed E-state index contributed by atoms with van der Waals surface area (Å²) in [5.41, 5.74) is 0. The summed E-state index contributed by atoms with van der Waals surface area (Å²) in [5, 5.41) is 8.18. The van der Waals surface area contributed by atoms with Crippen molar-refractivity contribution in [3.8, 4) is 0 Å². The average Bonchev–Trinajstić information content (AvgIpc) is 2.42. The fraction of sp³-hybridized carbons (Fsp3) is 0.600. The lowest BCUT2D eigenvalue weighted by atomic mass is 10.3. The number of carboxylic acids is 1. The molecule has 1 aliphatic carbocycles. The number of carboxylic acid groups (broad SMARTS) is 1. The van der Waals surface area contributed by atoms with Crippen LogP contribution in [0.15, 0.2) is 0 Å². The van der Waals surface area contributed by atoms with Crippen molar-refractivity contribution in [2.24, 2.45) is 11.8 Å². The van der Waals surface area contributed by atoms with Gasteiger partial charge in [-0.2, -0.15) is 0 Å². The molecule has 0 aromatic rings. The topological polar surface area (TPSA) is 54.4 Å². The van der Waals surface area contributed by atoms with E-state index in [1.807, 2.05) is 0 Å². The fourth-order valence-electron chi connectivity index (χ4n) is 0.598. The summed E-state index contributed by atoms with van der Waals surface area (Å²) in [4.78, 5) is 19.6. The van der Waals surface area contributed by atoms with Crippen LogP contribution in [0.25, 0.3) is 0 Å². The molecular formula is C5H5O3. The van der Waals surface area contributed by atoms with E-state index < -0.39 is 11.9 Å². The molecule has 1 rings (SSSR count). The van der Waals surface area contributed by atoms with Gasteiger partial charge in [0.25, 0.3) is 0 Å². The zero-order chi connectivity index (χ0) is 6.15. The van der Waals surface area contributed by atoms with E-state index in [1.165, 1.54) is 0 Å². The molecule has 0 saturated heterocycles. The van der Waals surface area contributed by atoms with Crippen molar-refractivity contribution in [3.05, 3.63) is 0 Å². The second-order valence-electron chi connectivity index (χ2n) is 1.90. The van der Waals surface area contributed by atoms with Crippen LogP contribution in [-0.4, -0.2) is 17.4 Å². The van der Waals surface area contributed by atoms with Crippen LogP contribution in [0, 0.1) is 11.8 Å². The van der Waals surface area contributed by atoms with E-state index in [4.69, 9.17) is 5.11 Å². The van der Waals surface area contributed by atoms with Crippen LogP contribution in [0.4, 0.5) is 0 Å². The third-order valence-corrected chi connectivity index (χ3v) is 1.26. The third-order valence-electron chi connectivity index (χ3n) is 1.26. The lowest BCUT2D eigenvalue weighted by molar-refractivity contribution is -0.138. The molecule has 0 bridgehead atoms. The van der Waals surface area contributed by atoms with Gasteiger partial charge in [0, 0.05) is 5.92 Å². The molecule has 0 spiro atoms. The van der Waals surface area contributed by atoms with Gasteiger partial charge in [-0.1, -0.05) is 0 Å². The van der Waals surface area contributed by atoms with Crippen molar-refractivity contribution in [1.29, 1.82) is 0 Å². The van der Waals surface area contributed by atoms with Gasteiger partial charge in [0.05, 0.1) is 5.92 Å².